The predicted molar refractivity (Wildman–Crippen MR) is 88.4 cm³/mol. The molecule has 3 rings (SSSR count). The van der Waals surface area contributed by atoms with Crippen LogP contribution in [0.2, 0.25) is 0 Å². The number of nitrogens with zero attached hydrogens (tertiary/aromatic N) is 1. The first kappa shape index (κ1) is 15.2. The van der Waals surface area contributed by atoms with Gasteiger partial charge in [0.25, 0.3) is 0 Å². The third-order valence-corrected chi connectivity index (χ3v) is 4.69. The van der Waals surface area contributed by atoms with Crippen LogP contribution < -0.4 is 10.1 Å². The van der Waals surface area contributed by atoms with Crippen molar-refractivity contribution in [3.63, 3.8) is 0 Å². The number of hydrogen-bond acceptors (Lipinski definition) is 5. The largest absolute Gasteiger partial charge is 0.427 e. The van der Waals surface area contributed by atoms with Crippen molar-refractivity contribution in [1.29, 1.82) is 0 Å². The van der Waals surface area contributed by atoms with Gasteiger partial charge in [0.05, 0.1) is 6.04 Å². The van der Waals surface area contributed by atoms with Gasteiger partial charge in [0.2, 0.25) is 0 Å². The van der Waals surface area contributed by atoms with E-state index in [2.05, 4.69) is 33.8 Å². The molecule has 2 heterocycles. The van der Waals surface area contributed by atoms with Crippen LogP contribution >= 0.6 is 11.3 Å². The Balaban J connectivity index is 1.93. The fraction of sp³-hybridized carbons (Fsp3) is 0.353. The van der Waals surface area contributed by atoms with E-state index in [-0.39, 0.29) is 12.0 Å². The van der Waals surface area contributed by atoms with Gasteiger partial charge in [0.15, 0.2) is 0 Å². The van der Waals surface area contributed by atoms with E-state index < -0.39 is 0 Å². The quantitative estimate of drug-likeness (QED) is 0.695. The number of esters is 1. The summed E-state index contributed by atoms with van der Waals surface area (Å²) in [5, 5.41) is 5.51. The molecule has 116 valence electrons. The van der Waals surface area contributed by atoms with Crippen molar-refractivity contribution >= 4 is 17.3 Å². The molecule has 0 saturated carbocycles. The van der Waals surface area contributed by atoms with Crippen molar-refractivity contribution in [3.8, 4) is 5.75 Å². The normalized spacial score (nSPS) is 17.1. The van der Waals surface area contributed by atoms with Gasteiger partial charge in [-0.1, -0.05) is 18.2 Å². The van der Waals surface area contributed by atoms with Crippen LogP contribution in [-0.2, 0) is 4.79 Å². The van der Waals surface area contributed by atoms with Gasteiger partial charge in [-0.25, -0.2) is 0 Å². The summed E-state index contributed by atoms with van der Waals surface area (Å²) in [6.45, 7) is 5.47. The fourth-order valence-electron chi connectivity index (χ4n) is 2.86. The van der Waals surface area contributed by atoms with E-state index in [1.165, 1.54) is 17.4 Å². The van der Waals surface area contributed by atoms with Gasteiger partial charge in [-0.3, -0.25) is 9.69 Å². The minimum absolute atomic E-state index is 0.220. The molecule has 4 nitrogen and oxygen atoms in total. The van der Waals surface area contributed by atoms with Gasteiger partial charge in [0, 0.05) is 38.0 Å². The number of thiophene rings is 1. The van der Waals surface area contributed by atoms with E-state index in [0.29, 0.717) is 5.75 Å². The lowest BCUT2D eigenvalue weighted by atomic mass is 10.0. The zero-order chi connectivity index (χ0) is 15.4. The molecular formula is C17H20N2O2S. The van der Waals surface area contributed by atoms with Gasteiger partial charge in [-0.05, 0) is 29.1 Å². The van der Waals surface area contributed by atoms with E-state index in [1.807, 2.05) is 18.2 Å². The first-order chi connectivity index (χ1) is 10.7. The summed E-state index contributed by atoms with van der Waals surface area (Å²) >= 11 is 1.77. The third-order valence-electron chi connectivity index (χ3n) is 3.76. The summed E-state index contributed by atoms with van der Waals surface area (Å²) in [5.74, 6) is 0.327. The molecule has 1 aromatic heterocycles. The summed E-state index contributed by atoms with van der Waals surface area (Å²) < 4.78 is 5.24. The maximum absolute atomic E-state index is 11.2. The van der Waals surface area contributed by atoms with Crippen LogP contribution in [0.3, 0.4) is 0 Å². The van der Waals surface area contributed by atoms with Gasteiger partial charge in [-0.2, -0.15) is 0 Å². The Morgan fingerprint density at radius 2 is 2.09 bits per heavy atom. The Hall–Kier alpha value is -1.69. The van der Waals surface area contributed by atoms with Crippen molar-refractivity contribution in [2.45, 2.75) is 13.0 Å². The highest BCUT2D eigenvalue weighted by molar-refractivity contribution is 7.10. The summed E-state index contributed by atoms with van der Waals surface area (Å²) in [6, 6.07) is 12.4. The molecular weight excluding hydrogens is 296 g/mol. The molecule has 0 amide bonds. The molecule has 0 unspecified atom stereocenters. The second-order valence-electron chi connectivity index (χ2n) is 5.37. The zero-order valence-electron chi connectivity index (χ0n) is 12.6. The Morgan fingerprint density at radius 1 is 1.27 bits per heavy atom. The predicted octanol–water partition coefficient (Wildman–Crippen LogP) is 2.67. The van der Waals surface area contributed by atoms with Crippen LogP contribution in [0.5, 0.6) is 5.75 Å². The van der Waals surface area contributed by atoms with Gasteiger partial charge in [-0.15, -0.1) is 11.3 Å². The summed E-state index contributed by atoms with van der Waals surface area (Å²) in [7, 11) is 0. The molecule has 1 aliphatic rings. The Morgan fingerprint density at radius 3 is 2.77 bits per heavy atom. The highest BCUT2D eigenvalue weighted by Crippen LogP contribution is 2.33. The van der Waals surface area contributed by atoms with Crippen LogP contribution in [-0.4, -0.2) is 37.0 Å². The van der Waals surface area contributed by atoms with Crippen molar-refractivity contribution in [2.24, 2.45) is 0 Å². The lowest BCUT2D eigenvalue weighted by Crippen LogP contribution is -2.45. The maximum atomic E-state index is 11.2. The second kappa shape index (κ2) is 7.05. The highest BCUT2D eigenvalue weighted by Gasteiger charge is 2.25. The van der Waals surface area contributed by atoms with Gasteiger partial charge >= 0.3 is 5.97 Å². The minimum atomic E-state index is -0.285. The van der Waals surface area contributed by atoms with Crippen LogP contribution in [0.25, 0.3) is 0 Å². The van der Waals surface area contributed by atoms with Gasteiger partial charge < -0.3 is 10.1 Å². The summed E-state index contributed by atoms with van der Waals surface area (Å²) in [6.07, 6.45) is 0. The molecule has 1 N–H and O–H groups in total. The van der Waals surface area contributed by atoms with Gasteiger partial charge in [0.1, 0.15) is 5.75 Å². The van der Waals surface area contributed by atoms with Crippen LogP contribution in [0, 0.1) is 0 Å². The Kier molecular flexibility index (Phi) is 4.87. The monoisotopic (exact) mass is 316 g/mol. The van der Waals surface area contributed by atoms with Crippen molar-refractivity contribution in [1.82, 2.24) is 10.2 Å². The lowest BCUT2D eigenvalue weighted by Gasteiger charge is -2.34. The molecule has 0 aliphatic carbocycles. The van der Waals surface area contributed by atoms with E-state index in [9.17, 15) is 4.79 Å². The number of hydrogen-bond donors (Lipinski definition) is 1. The first-order valence-electron chi connectivity index (χ1n) is 7.50. The zero-order valence-corrected chi connectivity index (χ0v) is 13.4. The first-order valence-corrected chi connectivity index (χ1v) is 8.38. The molecule has 22 heavy (non-hydrogen) atoms. The molecule has 1 aromatic carbocycles. The number of piperazine rings is 1. The fourth-order valence-corrected chi connectivity index (χ4v) is 3.74. The average Bonchev–Trinajstić information content (AvgIpc) is 3.02. The second-order valence-corrected chi connectivity index (χ2v) is 6.35. The SMILES string of the molecule is CC(=O)Oc1cccc([C@@H](c2cccs2)N2CCNCC2)c1. The average molecular weight is 316 g/mol. The molecule has 0 radical (unpaired) electrons. The third kappa shape index (κ3) is 3.55. The molecule has 1 fully saturated rings. The molecule has 1 aliphatic heterocycles. The highest BCUT2D eigenvalue weighted by atomic mass is 32.1. The van der Waals surface area contributed by atoms with Crippen molar-refractivity contribution < 1.29 is 9.53 Å². The topological polar surface area (TPSA) is 41.6 Å². The Bertz CT molecular complexity index is 621. The number of rotatable bonds is 4. The number of benzene rings is 1. The molecule has 1 atom stereocenters. The van der Waals surface area contributed by atoms with Crippen molar-refractivity contribution in [2.75, 3.05) is 26.2 Å². The summed E-state index contributed by atoms with van der Waals surface area (Å²) in [4.78, 5) is 15.0. The number of ether oxygens (including phenoxy) is 1. The molecule has 2 aromatic rings. The number of carbonyl (C=O) groups excluding carboxylic acids is 1. The lowest BCUT2D eigenvalue weighted by molar-refractivity contribution is -0.131. The Labute approximate surface area is 134 Å². The van der Waals surface area contributed by atoms with E-state index in [0.717, 1.165) is 26.2 Å². The molecule has 0 spiro atoms. The van der Waals surface area contributed by atoms with Crippen molar-refractivity contribution in [3.05, 3.63) is 52.2 Å². The van der Waals surface area contributed by atoms with Crippen LogP contribution in [0.1, 0.15) is 23.4 Å². The smallest absolute Gasteiger partial charge is 0.308 e. The van der Waals surface area contributed by atoms with E-state index in [1.54, 1.807) is 11.3 Å². The molecule has 0 bridgehead atoms. The number of carbonyl (C=O) groups is 1. The summed E-state index contributed by atoms with van der Waals surface area (Å²) in [5.41, 5.74) is 1.17. The van der Waals surface area contributed by atoms with E-state index in [4.69, 9.17) is 4.74 Å². The molecule has 1 saturated heterocycles. The van der Waals surface area contributed by atoms with Crippen LogP contribution in [0.4, 0.5) is 0 Å². The standard InChI is InChI=1S/C17H20N2O2S/c1-13(20)21-15-5-2-4-14(12-15)17(16-6-3-11-22-16)19-9-7-18-8-10-19/h2-6,11-12,17-18H,7-10H2,1H3/t17-/m0/s1. The minimum Gasteiger partial charge on any atom is -0.427 e. The maximum Gasteiger partial charge on any atom is 0.308 e. The number of nitrogens with one attached hydrogen (secondary N) is 1. The van der Waals surface area contributed by atoms with E-state index >= 15 is 0 Å². The van der Waals surface area contributed by atoms with Crippen LogP contribution in [0.15, 0.2) is 41.8 Å². The molecule has 5 heteroatoms.